The second kappa shape index (κ2) is 6.79. The van der Waals surface area contributed by atoms with Crippen molar-refractivity contribution in [3.8, 4) is 0 Å². The number of aliphatic hydroxyl groups is 1. The predicted octanol–water partition coefficient (Wildman–Crippen LogP) is 2.98. The number of hydrogen-bond donors (Lipinski definition) is 2. The van der Waals surface area contributed by atoms with Crippen LogP contribution in [0.5, 0.6) is 0 Å². The van der Waals surface area contributed by atoms with Gasteiger partial charge < -0.3 is 10.4 Å². The van der Waals surface area contributed by atoms with E-state index >= 15 is 0 Å². The van der Waals surface area contributed by atoms with Crippen LogP contribution in [0.25, 0.3) is 0 Å². The fraction of sp³-hybridized carbons (Fsp3) is 0.625. The van der Waals surface area contributed by atoms with E-state index in [1.165, 1.54) is 6.42 Å². The highest BCUT2D eigenvalue weighted by atomic mass is 32.2. The molecule has 1 fully saturated rings. The van der Waals surface area contributed by atoms with Crippen molar-refractivity contribution in [1.82, 2.24) is 0 Å². The lowest BCUT2D eigenvalue weighted by atomic mass is 9.85. The van der Waals surface area contributed by atoms with Gasteiger partial charge >= 0.3 is 0 Å². The molecular weight excluding hydrogens is 286 g/mol. The molecule has 0 saturated heterocycles. The highest BCUT2D eigenvalue weighted by Crippen LogP contribution is 2.28. The van der Waals surface area contributed by atoms with Gasteiger partial charge in [0.15, 0.2) is 9.84 Å². The molecule has 118 valence electrons. The summed E-state index contributed by atoms with van der Waals surface area (Å²) in [5.41, 5.74) is 0.232. The second-order valence-corrected chi connectivity index (χ2v) is 8.09. The molecule has 1 aliphatic carbocycles. The van der Waals surface area contributed by atoms with E-state index in [1.54, 1.807) is 24.3 Å². The van der Waals surface area contributed by atoms with Crippen LogP contribution in [-0.2, 0) is 9.84 Å². The van der Waals surface area contributed by atoms with E-state index in [9.17, 15) is 13.5 Å². The Hall–Kier alpha value is -1.07. The van der Waals surface area contributed by atoms with E-state index < -0.39 is 15.4 Å². The minimum atomic E-state index is -3.15. The van der Waals surface area contributed by atoms with Crippen molar-refractivity contribution in [2.75, 3.05) is 17.6 Å². The number of nitrogens with one attached hydrogen (secondary N) is 1. The topological polar surface area (TPSA) is 66.4 Å². The van der Waals surface area contributed by atoms with Crippen LogP contribution in [0.3, 0.4) is 0 Å². The number of benzene rings is 1. The van der Waals surface area contributed by atoms with Crippen molar-refractivity contribution in [1.29, 1.82) is 0 Å². The lowest BCUT2D eigenvalue weighted by Gasteiger charge is -2.32. The molecule has 0 spiro atoms. The summed E-state index contributed by atoms with van der Waals surface area (Å²) in [7, 11) is -3.15. The summed E-state index contributed by atoms with van der Waals surface area (Å²) in [5.74, 6) is 0.180. The van der Waals surface area contributed by atoms with Crippen molar-refractivity contribution >= 4 is 15.5 Å². The minimum absolute atomic E-state index is 0.180. The lowest BCUT2D eigenvalue weighted by molar-refractivity contribution is 0.0167. The fourth-order valence-electron chi connectivity index (χ4n) is 2.82. The maximum atomic E-state index is 11.9. The summed E-state index contributed by atoms with van der Waals surface area (Å²) in [6, 6.07) is 6.82. The molecule has 0 unspecified atom stereocenters. The quantitative estimate of drug-likeness (QED) is 0.847. The summed E-state index contributed by atoms with van der Waals surface area (Å²) < 4.78 is 23.9. The third kappa shape index (κ3) is 4.45. The highest BCUT2D eigenvalue weighted by molar-refractivity contribution is 7.91. The smallest absolute Gasteiger partial charge is 0.178 e. The van der Waals surface area contributed by atoms with Crippen LogP contribution >= 0.6 is 0 Å². The molecule has 5 heteroatoms. The van der Waals surface area contributed by atoms with Gasteiger partial charge in [0.05, 0.1) is 16.2 Å². The van der Waals surface area contributed by atoms with Gasteiger partial charge in [-0.05, 0) is 43.5 Å². The number of rotatable bonds is 6. The van der Waals surface area contributed by atoms with Crippen LogP contribution < -0.4 is 5.32 Å². The van der Waals surface area contributed by atoms with Gasteiger partial charge in [-0.1, -0.05) is 26.2 Å². The predicted molar refractivity (Wildman–Crippen MR) is 85.3 cm³/mol. The molecule has 1 aromatic carbocycles. The Kier molecular flexibility index (Phi) is 5.27. The maximum absolute atomic E-state index is 11.9. The first-order valence-corrected chi connectivity index (χ1v) is 9.39. The largest absolute Gasteiger partial charge is 0.388 e. The second-order valence-electron chi connectivity index (χ2n) is 5.98. The third-order valence-corrected chi connectivity index (χ3v) is 6.03. The van der Waals surface area contributed by atoms with E-state index in [4.69, 9.17) is 0 Å². The average molecular weight is 311 g/mol. The minimum Gasteiger partial charge on any atom is -0.388 e. The van der Waals surface area contributed by atoms with Crippen molar-refractivity contribution in [2.45, 2.75) is 55.9 Å². The lowest BCUT2D eigenvalue weighted by Crippen LogP contribution is -2.38. The molecule has 4 nitrogen and oxygen atoms in total. The Morgan fingerprint density at radius 2 is 1.76 bits per heavy atom. The van der Waals surface area contributed by atoms with Gasteiger partial charge in [-0.25, -0.2) is 8.42 Å². The zero-order chi connectivity index (χ0) is 15.3. The summed E-state index contributed by atoms with van der Waals surface area (Å²) in [6.45, 7) is 2.38. The molecule has 2 N–H and O–H groups in total. The Morgan fingerprint density at radius 3 is 2.33 bits per heavy atom. The van der Waals surface area contributed by atoms with Gasteiger partial charge in [-0.2, -0.15) is 0 Å². The monoisotopic (exact) mass is 311 g/mol. The summed E-state index contributed by atoms with van der Waals surface area (Å²) >= 11 is 0. The summed E-state index contributed by atoms with van der Waals surface area (Å²) in [4.78, 5) is 0.367. The van der Waals surface area contributed by atoms with E-state index in [0.29, 0.717) is 17.9 Å². The fourth-order valence-corrected chi connectivity index (χ4v) is 4.14. The molecular formula is C16H25NO3S. The van der Waals surface area contributed by atoms with Crippen LogP contribution in [0.2, 0.25) is 0 Å². The van der Waals surface area contributed by atoms with Gasteiger partial charge in [0.2, 0.25) is 0 Å². The number of sulfone groups is 1. The zero-order valence-electron chi connectivity index (χ0n) is 12.6. The van der Waals surface area contributed by atoms with Crippen LogP contribution in [-0.4, -0.2) is 31.4 Å². The molecule has 0 bridgehead atoms. The van der Waals surface area contributed by atoms with E-state index in [1.807, 2.05) is 6.92 Å². The Labute approximate surface area is 127 Å². The van der Waals surface area contributed by atoms with Crippen molar-refractivity contribution in [3.05, 3.63) is 24.3 Å². The molecule has 0 radical (unpaired) electrons. The first-order valence-electron chi connectivity index (χ1n) is 7.74. The van der Waals surface area contributed by atoms with Gasteiger partial charge in [0.25, 0.3) is 0 Å². The number of anilines is 1. The molecule has 1 aromatic rings. The Bertz CT molecular complexity index is 545. The standard InChI is InChI=1S/C16H25NO3S/c1-2-12-21(19,20)15-8-6-14(7-9-15)17-13-16(18)10-4-3-5-11-16/h6-9,17-18H,2-5,10-13H2,1H3. The maximum Gasteiger partial charge on any atom is 0.178 e. The van der Waals surface area contributed by atoms with Crippen molar-refractivity contribution in [3.63, 3.8) is 0 Å². The van der Waals surface area contributed by atoms with Gasteiger partial charge in [-0.3, -0.25) is 0 Å². The average Bonchev–Trinajstić information content (AvgIpc) is 2.46. The molecule has 0 aromatic heterocycles. The van der Waals surface area contributed by atoms with Crippen molar-refractivity contribution in [2.24, 2.45) is 0 Å². The molecule has 0 aliphatic heterocycles. The number of hydrogen-bond acceptors (Lipinski definition) is 4. The van der Waals surface area contributed by atoms with E-state index in [-0.39, 0.29) is 5.75 Å². The molecule has 1 aliphatic rings. The SMILES string of the molecule is CCCS(=O)(=O)c1ccc(NCC2(O)CCCCC2)cc1. The molecule has 1 saturated carbocycles. The van der Waals surface area contributed by atoms with Crippen LogP contribution in [0.15, 0.2) is 29.2 Å². The van der Waals surface area contributed by atoms with Gasteiger partial charge in [0, 0.05) is 12.2 Å². The first kappa shape index (κ1) is 16.3. The van der Waals surface area contributed by atoms with Crippen molar-refractivity contribution < 1.29 is 13.5 Å². The van der Waals surface area contributed by atoms with Gasteiger partial charge in [-0.15, -0.1) is 0 Å². The normalized spacial score (nSPS) is 18.4. The molecule has 0 heterocycles. The first-order chi connectivity index (χ1) is 9.95. The van der Waals surface area contributed by atoms with Crippen LogP contribution in [0.1, 0.15) is 45.4 Å². The zero-order valence-corrected chi connectivity index (χ0v) is 13.5. The summed E-state index contributed by atoms with van der Waals surface area (Å²) in [6.07, 6.45) is 5.65. The van der Waals surface area contributed by atoms with E-state index in [2.05, 4.69) is 5.32 Å². The molecule has 21 heavy (non-hydrogen) atoms. The van der Waals surface area contributed by atoms with Gasteiger partial charge in [0.1, 0.15) is 0 Å². The molecule has 0 atom stereocenters. The third-order valence-electron chi connectivity index (χ3n) is 4.09. The Morgan fingerprint density at radius 1 is 1.14 bits per heavy atom. The summed E-state index contributed by atoms with van der Waals surface area (Å²) in [5, 5.41) is 13.6. The molecule has 0 amide bonds. The van der Waals surface area contributed by atoms with E-state index in [0.717, 1.165) is 31.4 Å². The van der Waals surface area contributed by atoms with Crippen LogP contribution in [0.4, 0.5) is 5.69 Å². The molecule has 2 rings (SSSR count). The highest BCUT2D eigenvalue weighted by Gasteiger charge is 2.28. The van der Waals surface area contributed by atoms with Crippen LogP contribution in [0, 0.1) is 0 Å². The Balaban J connectivity index is 1.96.